The van der Waals surface area contributed by atoms with E-state index in [1.807, 2.05) is 23.6 Å². The van der Waals surface area contributed by atoms with E-state index in [-0.39, 0.29) is 0 Å². The lowest BCUT2D eigenvalue weighted by molar-refractivity contribution is 0.112. The number of benzene rings is 1. The fraction of sp³-hybridized carbons (Fsp3) is 0.0833. The summed E-state index contributed by atoms with van der Waals surface area (Å²) in [5.74, 6) is 0. The number of thiophene rings is 1. The molecule has 2 aromatic rings. The van der Waals surface area contributed by atoms with Gasteiger partial charge in [-0.3, -0.25) is 4.79 Å². The van der Waals surface area contributed by atoms with Gasteiger partial charge >= 0.3 is 0 Å². The zero-order valence-electron chi connectivity index (χ0n) is 7.86. The lowest BCUT2D eigenvalue weighted by atomic mass is 10.0. The van der Waals surface area contributed by atoms with Crippen LogP contribution in [0.15, 0.2) is 35.0 Å². The summed E-state index contributed by atoms with van der Waals surface area (Å²) in [6.07, 6.45) is 0.884. The highest BCUT2D eigenvalue weighted by atomic mass is 32.1. The Balaban J connectivity index is 2.57. The van der Waals surface area contributed by atoms with Crippen molar-refractivity contribution in [3.8, 4) is 11.1 Å². The number of rotatable bonds is 2. The van der Waals surface area contributed by atoms with E-state index in [0.717, 1.165) is 17.4 Å². The van der Waals surface area contributed by atoms with Gasteiger partial charge in [0.25, 0.3) is 0 Å². The van der Waals surface area contributed by atoms with Crippen molar-refractivity contribution in [3.05, 3.63) is 46.2 Å². The van der Waals surface area contributed by atoms with Gasteiger partial charge in [0.1, 0.15) is 6.29 Å². The van der Waals surface area contributed by atoms with Crippen molar-refractivity contribution in [1.82, 2.24) is 0 Å². The Kier molecular flexibility index (Phi) is 2.46. The highest BCUT2D eigenvalue weighted by Gasteiger charge is 2.02. The minimum Gasteiger partial charge on any atom is -0.298 e. The molecule has 0 aliphatic rings. The second-order valence-corrected chi connectivity index (χ2v) is 3.98. The molecular formula is C12H10OS. The average molecular weight is 202 g/mol. The Morgan fingerprint density at radius 1 is 1.29 bits per heavy atom. The second kappa shape index (κ2) is 3.76. The predicted octanol–water partition coefficient (Wildman–Crippen LogP) is 3.54. The molecule has 0 radical (unpaired) electrons. The van der Waals surface area contributed by atoms with Gasteiger partial charge in [-0.15, -0.1) is 0 Å². The maximum absolute atomic E-state index is 10.6. The zero-order valence-corrected chi connectivity index (χ0v) is 8.67. The van der Waals surface area contributed by atoms with E-state index < -0.39 is 0 Å². The van der Waals surface area contributed by atoms with Gasteiger partial charge in [-0.25, -0.2) is 0 Å². The molecule has 0 bridgehead atoms. The third-order valence-electron chi connectivity index (χ3n) is 2.23. The van der Waals surface area contributed by atoms with Crippen LogP contribution in [-0.2, 0) is 0 Å². The zero-order chi connectivity index (χ0) is 9.97. The van der Waals surface area contributed by atoms with Crippen molar-refractivity contribution in [2.75, 3.05) is 0 Å². The molecule has 70 valence electrons. The van der Waals surface area contributed by atoms with Crippen LogP contribution >= 0.6 is 11.3 Å². The molecule has 0 saturated carbocycles. The van der Waals surface area contributed by atoms with Crippen molar-refractivity contribution in [2.45, 2.75) is 6.92 Å². The molecule has 1 aromatic carbocycles. The summed E-state index contributed by atoms with van der Waals surface area (Å²) < 4.78 is 0. The van der Waals surface area contributed by atoms with Crippen molar-refractivity contribution < 1.29 is 4.79 Å². The molecule has 1 aromatic heterocycles. The second-order valence-electron chi connectivity index (χ2n) is 3.20. The molecule has 0 fully saturated rings. The molecule has 0 aliphatic heterocycles. The summed E-state index contributed by atoms with van der Waals surface area (Å²) >= 11 is 1.67. The first-order valence-electron chi connectivity index (χ1n) is 4.39. The molecule has 0 saturated heterocycles. The van der Waals surface area contributed by atoms with Crippen LogP contribution in [-0.4, -0.2) is 6.29 Å². The van der Waals surface area contributed by atoms with Crippen molar-refractivity contribution in [3.63, 3.8) is 0 Å². The Morgan fingerprint density at radius 3 is 2.79 bits per heavy atom. The molecule has 0 aliphatic carbocycles. The molecule has 0 atom stereocenters. The molecule has 0 spiro atoms. The monoisotopic (exact) mass is 202 g/mol. The summed E-state index contributed by atoms with van der Waals surface area (Å²) in [7, 11) is 0. The molecule has 2 rings (SSSR count). The number of hydrogen-bond acceptors (Lipinski definition) is 2. The highest BCUT2D eigenvalue weighted by molar-refractivity contribution is 7.08. The van der Waals surface area contributed by atoms with Crippen LogP contribution in [0.25, 0.3) is 11.1 Å². The van der Waals surface area contributed by atoms with Gasteiger partial charge in [-0.05, 0) is 46.5 Å². The van der Waals surface area contributed by atoms with Crippen LogP contribution in [0.2, 0.25) is 0 Å². The summed E-state index contributed by atoms with van der Waals surface area (Å²) in [6.45, 7) is 2.06. The predicted molar refractivity (Wildman–Crippen MR) is 59.9 cm³/mol. The standard InChI is InChI=1S/C12H10OS/c1-9-2-3-10(7-13)6-12(9)11-4-5-14-8-11/h2-8H,1H3. The van der Waals surface area contributed by atoms with Gasteiger partial charge < -0.3 is 0 Å². The first-order valence-corrected chi connectivity index (χ1v) is 5.34. The van der Waals surface area contributed by atoms with Crippen LogP contribution < -0.4 is 0 Å². The molecule has 0 unspecified atom stereocenters. The summed E-state index contributed by atoms with van der Waals surface area (Å²) in [6, 6.07) is 7.83. The minimum absolute atomic E-state index is 0.733. The Bertz CT molecular complexity index is 443. The molecule has 0 amide bonds. The molecule has 1 nitrogen and oxygen atoms in total. The smallest absolute Gasteiger partial charge is 0.150 e. The van der Waals surface area contributed by atoms with Gasteiger partial charge in [0, 0.05) is 5.56 Å². The van der Waals surface area contributed by atoms with Crippen LogP contribution in [0, 0.1) is 6.92 Å². The maximum atomic E-state index is 10.6. The van der Waals surface area contributed by atoms with Crippen LogP contribution in [0.1, 0.15) is 15.9 Å². The van der Waals surface area contributed by atoms with E-state index in [1.165, 1.54) is 11.1 Å². The Hall–Kier alpha value is -1.41. The van der Waals surface area contributed by atoms with Gasteiger partial charge in [-0.2, -0.15) is 11.3 Å². The lowest BCUT2D eigenvalue weighted by Crippen LogP contribution is -1.85. The maximum Gasteiger partial charge on any atom is 0.150 e. The summed E-state index contributed by atoms with van der Waals surface area (Å²) in [4.78, 5) is 10.6. The molecule has 1 heterocycles. The molecule has 0 N–H and O–H groups in total. The topological polar surface area (TPSA) is 17.1 Å². The first kappa shape index (κ1) is 9.16. The van der Waals surface area contributed by atoms with Gasteiger partial charge in [0.15, 0.2) is 0 Å². The summed E-state index contributed by atoms with van der Waals surface area (Å²) in [5, 5.41) is 4.14. The molecule has 14 heavy (non-hydrogen) atoms. The van der Waals surface area contributed by atoms with Crippen LogP contribution in [0.4, 0.5) is 0 Å². The van der Waals surface area contributed by atoms with E-state index in [9.17, 15) is 4.79 Å². The van der Waals surface area contributed by atoms with E-state index in [1.54, 1.807) is 11.3 Å². The fourth-order valence-corrected chi connectivity index (χ4v) is 2.10. The third-order valence-corrected chi connectivity index (χ3v) is 2.91. The third kappa shape index (κ3) is 1.61. The average Bonchev–Trinajstić information content (AvgIpc) is 2.71. The van der Waals surface area contributed by atoms with E-state index >= 15 is 0 Å². The normalized spacial score (nSPS) is 10.1. The number of hydrogen-bond donors (Lipinski definition) is 0. The van der Waals surface area contributed by atoms with E-state index in [0.29, 0.717) is 0 Å². The lowest BCUT2D eigenvalue weighted by Gasteiger charge is -2.03. The van der Waals surface area contributed by atoms with Crippen LogP contribution in [0.5, 0.6) is 0 Å². The number of aryl methyl sites for hydroxylation is 1. The number of aldehydes is 1. The number of carbonyl (C=O) groups is 1. The highest BCUT2D eigenvalue weighted by Crippen LogP contribution is 2.26. The van der Waals surface area contributed by atoms with Crippen molar-refractivity contribution in [2.24, 2.45) is 0 Å². The van der Waals surface area contributed by atoms with Gasteiger partial charge in [-0.1, -0.05) is 12.1 Å². The minimum atomic E-state index is 0.733. The largest absolute Gasteiger partial charge is 0.298 e. The first-order chi connectivity index (χ1) is 6.81. The molecule has 2 heteroatoms. The van der Waals surface area contributed by atoms with Crippen molar-refractivity contribution >= 4 is 17.6 Å². The van der Waals surface area contributed by atoms with E-state index in [4.69, 9.17) is 0 Å². The Labute approximate surface area is 87.0 Å². The number of carbonyl (C=O) groups excluding carboxylic acids is 1. The molecular weight excluding hydrogens is 192 g/mol. The fourth-order valence-electron chi connectivity index (χ4n) is 1.44. The Morgan fingerprint density at radius 2 is 2.14 bits per heavy atom. The van der Waals surface area contributed by atoms with Gasteiger partial charge in [0.2, 0.25) is 0 Å². The summed E-state index contributed by atoms with van der Waals surface area (Å²) in [5.41, 5.74) is 4.28. The van der Waals surface area contributed by atoms with Gasteiger partial charge in [0.05, 0.1) is 0 Å². The quantitative estimate of drug-likeness (QED) is 0.681. The van der Waals surface area contributed by atoms with Crippen LogP contribution in [0.3, 0.4) is 0 Å². The SMILES string of the molecule is Cc1ccc(C=O)cc1-c1ccsc1. The van der Waals surface area contributed by atoms with E-state index in [2.05, 4.69) is 18.4 Å². The van der Waals surface area contributed by atoms with Crippen molar-refractivity contribution in [1.29, 1.82) is 0 Å².